The quantitative estimate of drug-likeness (QED) is 0.738. The van der Waals surface area contributed by atoms with Crippen LogP contribution in [0.2, 0.25) is 0 Å². The molecule has 0 unspecified atom stereocenters. The van der Waals surface area contributed by atoms with E-state index >= 15 is 0 Å². The second-order valence-electron chi connectivity index (χ2n) is 5.28. The second-order valence-corrected chi connectivity index (χ2v) is 5.28. The van der Waals surface area contributed by atoms with Gasteiger partial charge in [0.2, 0.25) is 0 Å². The number of likely N-dealkylation sites (tertiary alicyclic amines) is 1. The van der Waals surface area contributed by atoms with Crippen LogP contribution in [0, 0.1) is 0 Å². The van der Waals surface area contributed by atoms with E-state index in [1.165, 1.54) is 32.4 Å². The normalized spacial score (nSPS) is 16.6. The Morgan fingerprint density at radius 2 is 2.10 bits per heavy atom. The van der Waals surface area contributed by atoms with Crippen LogP contribution in [0.1, 0.15) is 19.3 Å². The maximum absolute atomic E-state index is 11.1. The molecule has 1 aromatic carbocycles. The lowest BCUT2D eigenvalue weighted by atomic mass is 10.1. The molecule has 1 aromatic heterocycles. The lowest BCUT2D eigenvalue weighted by Gasteiger charge is -2.26. The molecule has 20 heavy (non-hydrogen) atoms. The third-order valence-corrected chi connectivity index (χ3v) is 3.78. The monoisotopic (exact) mass is 276 g/mol. The van der Waals surface area contributed by atoms with Gasteiger partial charge in [-0.1, -0.05) is 6.42 Å². The number of aromatic nitrogens is 1. The average Bonchev–Trinajstić information content (AvgIpc) is 2.79. The van der Waals surface area contributed by atoms with Crippen molar-refractivity contribution in [2.45, 2.75) is 19.3 Å². The van der Waals surface area contributed by atoms with Gasteiger partial charge >= 0.3 is 5.76 Å². The molecule has 108 valence electrons. The molecule has 2 aromatic rings. The third-order valence-electron chi connectivity index (χ3n) is 3.78. The van der Waals surface area contributed by atoms with Gasteiger partial charge in [-0.2, -0.15) is 0 Å². The number of H-pyrrole nitrogens is 1. The first-order chi connectivity index (χ1) is 9.72. The molecule has 0 radical (unpaired) electrons. The highest BCUT2D eigenvalue weighted by atomic mass is 16.4. The van der Waals surface area contributed by atoms with Crippen molar-refractivity contribution < 1.29 is 4.42 Å². The summed E-state index contributed by atoms with van der Waals surface area (Å²) in [6, 6.07) is 3.50. The SMILES string of the molecule is Nc1cc2oc(=O)[nH]c2cc1NCCN1CCCCC1. The molecular weight excluding hydrogens is 256 g/mol. The fourth-order valence-corrected chi connectivity index (χ4v) is 2.70. The highest BCUT2D eigenvalue weighted by molar-refractivity contribution is 5.85. The van der Waals surface area contributed by atoms with Gasteiger partial charge in [-0.3, -0.25) is 4.98 Å². The standard InChI is InChI=1S/C14H20N4O2/c15-10-8-13-12(17-14(19)20-13)9-11(10)16-4-7-18-5-2-1-3-6-18/h8-9,16H,1-7,15H2,(H,17,19). The maximum Gasteiger partial charge on any atom is 0.417 e. The van der Waals surface area contributed by atoms with E-state index in [0.29, 0.717) is 16.8 Å². The summed E-state index contributed by atoms with van der Waals surface area (Å²) >= 11 is 0. The summed E-state index contributed by atoms with van der Waals surface area (Å²) in [5.74, 6) is -0.454. The number of rotatable bonds is 4. The van der Waals surface area contributed by atoms with Crippen molar-refractivity contribution in [2.24, 2.45) is 0 Å². The molecular formula is C14H20N4O2. The highest BCUT2D eigenvalue weighted by Gasteiger charge is 2.10. The van der Waals surface area contributed by atoms with Gasteiger partial charge in [-0.25, -0.2) is 4.79 Å². The van der Waals surface area contributed by atoms with E-state index in [1.807, 2.05) is 6.07 Å². The van der Waals surface area contributed by atoms with Gasteiger partial charge < -0.3 is 20.4 Å². The first-order valence-electron chi connectivity index (χ1n) is 7.11. The molecule has 0 atom stereocenters. The van der Waals surface area contributed by atoms with Gasteiger partial charge in [-0.05, 0) is 32.0 Å². The highest BCUT2D eigenvalue weighted by Crippen LogP contribution is 2.24. The van der Waals surface area contributed by atoms with Gasteiger partial charge in [-0.15, -0.1) is 0 Å². The molecule has 3 rings (SSSR count). The molecule has 1 fully saturated rings. The lowest BCUT2D eigenvalue weighted by molar-refractivity contribution is 0.237. The molecule has 0 spiro atoms. The lowest BCUT2D eigenvalue weighted by Crippen LogP contribution is -2.33. The molecule has 0 bridgehead atoms. The van der Waals surface area contributed by atoms with E-state index in [-0.39, 0.29) is 0 Å². The van der Waals surface area contributed by atoms with Crippen molar-refractivity contribution in [3.63, 3.8) is 0 Å². The summed E-state index contributed by atoms with van der Waals surface area (Å²) in [7, 11) is 0. The van der Waals surface area contributed by atoms with Crippen LogP contribution in [0.5, 0.6) is 0 Å². The van der Waals surface area contributed by atoms with Crippen molar-refractivity contribution in [1.29, 1.82) is 0 Å². The Balaban J connectivity index is 1.64. The smallest absolute Gasteiger partial charge is 0.408 e. The number of hydrogen-bond acceptors (Lipinski definition) is 5. The first-order valence-corrected chi connectivity index (χ1v) is 7.11. The predicted molar refractivity (Wildman–Crippen MR) is 80.0 cm³/mol. The van der Waals surface area contributed by atoms with E-state index in [0.717, 1.165) is 18.8 Å². The van der Waals surface area contributed by atoms with E-state index in [1.54, 1.807) is 6.07 Å². The van der Waals surface area contributed by atoms with Crippen molar-refractivity contribution in [3.8, 4) is 0 Å². The first kappa shape index (κ1) is 13.1. The molecule has 1 aliphatic rings. The minimum absolute atomic E-state index is 0.454. The largest absolute Gasteiger partial charge is 0.417 e. The number of piperidine rings is 1. The Bertz CT molecular complexity index is 640. The zero-order valence-electron chi connectivity index (χ0n) is 11.4. The van der Waals surface area contributed by atoms with Crippen molar-refractivity contribution in [2.75, 3.05) is 37.2 Å². The van der Waals surface area contributed by atoms with Gasteiger partial charge in [0.15, 0.2) is 5.58 Å². The zero-order valence-corrected chi connectivity index (χ0v) is 11.4. The minimum Gasteiger partial charge on any atom is -0.408 e. The molecule has 1 aliphatic heterocycles. The topological polar surface area (TPSA) is 87.3 Å². The van der Waals surface area contributed by atoms with Crippen LogP contribution in [-0.2, 0) is 0 Å². The number of benzene rings is 1. The predicted octanol–water partition coefficient (Wildman–Crippen LogP) is 1.60. The summed E-state index contributed by atoms with van der Waals surface area (Å²) in [5.41, 5.74) is 8.56. The summed E-state index contributed by atoms with van der Waals surface area (Å²) in [6.45, 7) is 4.23. The molecule has 0 amide bonds. The van der Waals surface area contributed by atoms with Crippen LogP contribution in [0.3, 0.4) is 0 Å². The average molecular weight is 276 g/mol. The zero-order chi connectivity index (χ0) is 13.9. The molecule has 4 N–H and O–H groups in total. The molecule has 6 nitrogen and oxygen atoms in total. The van der Waals surface area contributed by atoms with E-state index in [9.17, 15) is 4.79 Å². The summed E-state index contributed by atoms with van der Waals surface area (Å²) in [5, 5.41) is 3.33. The van der Waals surface area contributed by atoms with Crippen molar-refractivity contribution in [1.82, 2.24) is 9.88 Å². The van der Waals surface area contributed by atoms with Crippen LogP contribution in [0.4, 0.5) is 11.4 Å². The summed E-state index contributed by atoms with van der Waals surface area (Å²) in [6.07, 6.45) is 3.94. The van der Waals surface area contributed by atoms with Gasteiger partial charge in [0.1, 0.15) is 0 Å². The Morgan fingerprint density at radius 1 is 1.30 bits per heavy atom. The number of nitrogens with two attached hydrogens (primary N) is 1. The van der Waals surface area contributed by atoms with Gasteiger partial charge in [0.05, 0.1) is 16.9 Å². The van der Waals surface area contributed by atoms with Crippen molar-refractivity contribution >= 4 is 22.5 Å². The maximum atomic E-state index is 11.1. The Kier molecular flexibility index (Phi) is 3.64. The second kappa shape index (κ2) is 5.58. The Labute approximate surface area is 116 Å². The number of nitrogen functional groups attached to an aromatic ring is 1. The number of aromatic amines is 1. The van der Waals surface area contributed by atoms with Crippen LogP contribution < -0.4 is 16.8 Å². The summed E-state index contributed by atoms with van der Waals surface area (Å²) in [4.78, 5) is 16.2. The van der Waals surface area contributed by atoms with Crippen molar-refractivity contribution in [3.05, 3.63) is 22.7 Å². The number of hydrogen-bond donors (Lipinski definition) is 3. The minimum atomic E-state index is -0.454. The van der Waals surface area contributed by atoms with Gasteiger partial charge in [0.25, 0.3) is 0 Å². The molecule has 1 saturated heterocycles. The molecule has 6 heteroatoms. The van der Waals surface area contributed by atoms with E-state index in [2.05, 4.69) is 15.2 Å². The van der Waals surface area contributed by atoms with E-state index in [4.69, 9.17) is 10.2 Å². The fourth-order valence-electron chi connectivity index (χ4n) is 2.70. The number of oxazole rings is 1. The Morgan fingerprint density at radius 3 is 2.90 bits per heavy atom. The molecule has 0 aliphatic carbocycles. The number of nitrogens with zero attached hydrogens (tertiary/aromatic N) is 1. The number of nitrogens with one attached hydrogen (secondary N) is 2. The van der Waals surface area contributed by atoms with E-state index < -0.39 is 5.76 Å². The van der Waals surface area contributed by atoms with Crippen LogP contribution >= 0.6 is 0 Å². The van der Waals surface area contributed by atoms with Crippen LogP contribution in [0.15, 0.2) is 21.3 Å². The summed E-state index contributed by atoms with van der Waals surface area (Å²) < 4.78 is 4.98. The Hall–Kier alpha value is -1.95. The number of fused-ring (bicyclic) bond motifs is 1. The van der Waals surface area contributed by atoms with Gasteiger partial charge in [0, 0.05) is 19.2 Å². The molecule has 0 saturated carbocycles. The third kappa shape index (κ3) is 2.80. The van der Waals surface area contributed by atoms with Crippen LogP contribution in [-0.4, -0.2) is 36.1 Å². The van der Waals surface area contributed by atoms with Crippen LogP contribution in [0.25, 0.3) is 11.1 Å². The fraction of sp³-hybridized carbons (Fsp3) is 0.500. The number of anilines is 2. The molecule has 2 heterocycles.